The number of hydrogen-bond donors (Lipinski definition) is 2. The molecule has 0 saturated heterocycles. The normalized spacial score (nSPS) is 11.8. The SMILES string of the molecule is CCNC(=NCc1nc(C)c(C)o1)NCCc1nc(CC)c(C)s1. The van der Waals surface area contributed by atoms with Gasteiger partial charge in [-0.1, -0.05) is 6.92 Å². The van der Waals surface area contributed by atoms with Crippen molar-refractivity contribution in [2.75, 3.05) is 13.1 Å². The molecule has 2 heterocycles. The van der Waals surface area contributed by atoms with Gasteiger partial charge in [0.15, 0.2) is 5.96 Å². The van der Waals surface area contributed by atoms with Crippen molar-refractivity contribution in [1.82, 2.24) is 20.6 Å². The highest BCUT2D eigenvalue weighted by atomic mass is 32.1. The molecule has 2 aromatic heterocycles. The van der Waals surface area contributed by atoms with E-state index in [1.165, 1.54) is 15.6 Å². The third-order valence-corrected chi connectivity index (χ3v) is 4.77. The first-order valence-corrected chi connectivity index (χ1v) is 9.25. The standard InChI is InChI=1S/C17H27N5OS/c1-6-14-13(5)24-16(22-14)8-9-19-17(18-7-2)20-10-15-21-11(3)12(4)23-15/h6-10H2,1-5H3,(H2,18,19,20). The third-order valence-electron chi connectivity index (χ3n) is 3.69. The molecular formula is C17H27N5OS. The molecule has 2 rings (SSSR count). The van der Waals surface area contributed by atoms with Crippen molar-refractivity contribution in [3.8, 4) is 0 Å². The van der Waals surface area contributed by atoms with Crippen LogP contribution in [0.2, 0.25) is 0 Å². The summed E-state index contributed by atoms with van der Waals surface area (Å²) in [6, 6.07) is 0. The van der Waals surface area contributed by atoms with Crippen LogP contribution in [0.1, 0.15) is 46.8 Å². The molecule has 2 N–H and O–H groups in total. The molecule has 6 nitrogen and oxygen atoms in total. The molecule has 0 spiro atoms. The molecule has 7 heteroatoms. The van der Waals surface area contributed by atoms with E-state index in [-0.39, 0.29) is 0 Å². The number of thiazole rings is 1. The minimum Gasteiger partial charge on any atom is -0.444 e. The summed E-state index contributed by atoms with van der Waals surface area (Å²) in [5, 5.41) is 7.76. The van der Waals surface area contributed by atoms with E-state index >= 15 is 0 Å². The lowest BCUT2D eigenvalue weighted by Crippen LogP contribution is -2.38. The second-order valence-electron chi connectivity index (χ2n) is 5.59. The maximum absolute atomic E-state index is 5.56. The van der Waals surface area contributed by atoms with Crippen molar-refractivity contribution in [3.05, 3.63) is 32.9 Å². The Bertz CT molecular complexity index is 670. The number of hydrogen-bond acceptors (Lipinski definition) is 5. The molecular weight excluding hydrogens is 322 g/mol. The van der Waals surface area contributed by atoms with Crippen LogP contribution in [0.3, 0.4) is 0 Å². The lowest BCUT2D eigenvalue weighted by molar-refractivity contribution is 0.473. The minimum atomic E-state index is 0.431. The molecule has 0 bridgehead atoms. The van der Waals surface area contributed by atoms with Gasteiger partial charge >= 0.3 is 0 Å². The van der Waals surface area contributed by atoms with Crippen LogP contribution in [-0.2, 0) is 19.4 Å². The Balaban J connectivity index is 1.88. The summed E-state index contributed by atoms with van der Waals surface area (Å²) >= 11 is 1.78. The van der Waals surface area contributed by atoms with Crippen LogP contribution in [0.25, 0.3) is 0 Å². The van der Waals surface area contributed by atoms with Crippen molar-refractivity contribution in [3.63, 3.8) is 0 Å². The monoisotopic (exact) mass is 349 g/mol. The van der Waals surface area contributed by atoms with Crippen LogP contribution in [0, 0.1) is 20.8 Å². The Morgan fingerprint density at radius 2 is 1.96 bits per heavy atom. The summed E-state index contributed by atoms with van der Waals surface area (Å²) in [5.74, 6) is 2.27. The Hall–Kier alpha value is -1.89. The summed E-state index contributed by atoms with van der Waals surface area (Å²) in [7, 11) is 0. The van der Waals surface area contributed by atoms with E-state index in [1.807, 2.05) is 20.8 Å². The summed E-state index contributed by atoms with van der Waals surface area (Å²) in [4.78, 5) is 14.9. The van der Waals surface area contributed by atoms with Gasteiger partial charge < -0.3 is 15.1 Å². The second kappa shape index (κ2) is 8.82. The maximum Gasteiger partial charge on any atom is 0.216 e. The zero-order valence-corrected chi connectivity index (χ0v) is 16.0. The van der Waals surface area contributed by atoms with Gasteiger partial charge in [-0.2, -0.15) is 0 Å². The third kappa shape index (κ3) is 5.06. The Labute approximate surface area is 147 Å². The topological polar surface area (TPSA) is 75.3 Å². The highest BCUT2D eigenvalue weighted by molar-refractivity contribution is 7.11. The first kappa shape index (κ1) is 18.4. The molecule has 0 amide bonds. The van der Waals surface area contributed by atoms with Gasteiger partial charge in [-0.25, -0.2) is 15.0 Å². The van der Waals surface area contributed by atoms with Gasteiger partial charge in [0.05, 0.1) is 16.4 Å². The fourth-order valence-electron chi connectivity index (χ4n) is 2.31. The van der Waals surface area contributed by atoms with Gasteiger partial charge in [0.2, 0.25) is 5.89 Å². The summed E-state index contributed by atoms with van der Waals surface area (Å²) in [6.45, 7) is 12.2. The number of aromatic nitrogens is 2. The van der Waals surface area contributed by atoms with Crippen molar-refractivity contribution >= 4 is 17.3 Å². The molecule has 0 aliphatic heterocycles. The smallest absolute Gasteiger partial charge is 0.216 e. The highest BCUT2D eigenvalue weighted by Gasteiger charge is 2.07. The molecule has 132 valence electrons. The van der Waals surface area contributed by atoms with Crippen LogP contribution in [0.5, 0.6) is 0 Å². The van der Waals surface area contributed by atoms with Gasteiger partial charge in [0, 0.05) is 24.4 Å². The van der Waals surface area contributed by atoms with Crippen molar-refractivity contribution < 1.29 is 4.42 Å². The minimum absolute atomic E-state index is 0.431. The molecule has 0 atom stereocenters. The van der Waals surface area contributed by atoms with E-state index in [1.54, 1.807) is 11.3 Å². The fraction of sp³-hybridized carbons (Fsp3) is 0.588. The number of nitrogens with zero attached hydrogens (tertiary/aromatic N) is 3. The molecule has 2 aromatic rings. The Morgan fingerprint density at radius 1 is 1.17 bits per heavy atom. The zero-order valence-electron chi connectivity index (χ0n) is 15.2. The Morgan fingerprint density at radius 3 is 2.54 bits per heavy atom. The first-order chi connectivity index (χ1) is 11.5. The van der Waals surface area contributed by atoms with Gasteiger partial charge in [-0.05, 0) is 34.1 Å². The number of aliphatic imine (C=N–C) groups is 1. The number of rotatable bonds is 7. The lowest BCUT2D eigenvalue weighted by Gasteiger charge is -2.09. The van der Waals surface area contributed by atoms with Crippen molar-refractivity contribution in [1.29, 1.82) is 0 Å². The number of guanidine groups is 1. The van der Waals surface area contributed by atoms with E-state index in [0.29, 0.717) is 12.4 Å². The summed E-state index contributed by atoms with van der Waals surface area (Å²) < 4.78 is 5.56. The molecule has 0 aromatic carbocycles. The van der Waals surface area contributed by atoms with Gasteiger partial charge in [0.25, 0.3) is 0 Å². The van der Waals surface area contributed by atoms with E-state index in [4.69, 9.17) is 4.42 Å². The van der Waals surface area contributed by atoms with Crippen LogP contribution < -0.4 is 10.6 Å². The molecule has 0 saturated carbocycles. The van der Waals surface area contributed by atoms with Crippen LogP contribution >= 0.6 is 11.3 Å². The maximum atomic E-state index is 5.56. The Kier molecular flexibility index (Phi) is 6.78. The predicted molar refractivity (Wildman–Crippen MR) is 98.7 cm³/mol. The molecule has 24 heavy (non-hydrogen) atoms. The first-order valence-electron chi connectivity index (χ1n) is 8.43. The van der Waals surface area contributed by atoms with Gasteiger partial charge in [0.1, 0.15) is 12.3 Å². The van der Waals surface area contributed by atoms with E-state index < -0.39 is 0 Å². The van der Waals surface area contributed by atoms with Crippen LogP contribution in [-0.4, -0.2) is 29.0 Å². The lowest BCUT2D eigenvalue weighted by atomic mass is 10.3. The molecule has 0 radical (unpaired) electrons. The summed E-state index contributed by atoms with van der Waals surface area (Å²) in [5.41, 5.74) is 2.13. The molecule has 0 fully saturated rings. The molecule has 0 aliphatic carbocycles. The largest absolute Gasteiger partial charge is 0.444 e. The average molecular weight is 350 g/mol. The van der Waals surface area contributed by atoms with Gasteiger partial charge in [-0.15, -0.1) is 11.3 Å². The number of nitrogens with one attached hydrogen (secondary N) is 2. The molecule has 0 unspecified atom stereocenters. The van der Waals surface area contributed by atoms with Crippen LogP contribution in [0.4, 0.5) is 0 Å². The van der Waals surface area contributed by atoms with Gasteiger partial charge in [-0.3, -0.25) is 0 Å². The number of oxazole rings is 1. The highest BCUT2D eigenvalue weighted by Crippen LogP contribution is 2.17. The average Bonchev–Trinajstić information content (AvgIpc) is 3.07. The fourth-order valence-corrected chi connectivity index (χ4v) is 3.33. The van der Waals surface area contributed by atoms with Crippen LogP contribution in [0.15, 0.2) is 9.41 Å². The predicted octanol–water partition coefficient (Wildman–Crippen LogP) is 2.92. The van der Waals surface area contributed by atoms with Crippen molar-refractivity contribution in [2.24, 2.45) is 4.99 Å². The number of aryl methyl sites for hydroxylation is 4. The van der Waals surface area contributed by atoms with Crippen molar-refractivity contribution in [2.45, 2.75) is 54.0 Å². The van der Waals surface area contributed by atoms with E-state index in [9.17, 15) is 0 Å². The molecule has 0 aliphatic rings. The second-order valence-corrected chi connectivity index (χ2v) is 6.87. The zero-order chi connectivity index (χ0) is 17.5. The van der Waals surface area contributed by atoms with E-state index in [2.05, 4.69) is 39.4 Å². The summed E-state index contributed by atoms with van der Waals surface area (Å²) in [6.07, 6.45) is 1.89. The quantitative estimate of drug-likeness (QED) is 0.594. The van der Waals surface area contributed by atoms with E-state index in [0.717, 1.165) is 43.3 Å².